The van der Waals surface area contributed by atoms with Crippen molar-refractivity contribution in [3.05, 3.63) is 12.7 Å². The molecular formula is C9H16O3. The molecule has 1 N–H and O–H groups in total. The first kappa shape index (κ1) is 11.2. The molecule has 0 bridgehead atoms. The quantitative estimate of drug-likeness (QED) is 0.510. The van der Waals surface area contributed by atoms with Crippen molar-refractivity contribution < 1.29 is 14.6 Å². The number of hydrogen-bond donors (Lipinski definition) is 1. The molecule has 0 saturated heterocycles. The van der Waals surface area contributed by atoms with Gasteiger partial charge in [-0.2, -0.15) is 0 Å². The van der Waals surface area contributed by atoms with E-state index in [4.69, 9.17) is 4.74 Å². The molecule has 0 aliphatic carbocycles. The molecule has 0 aromatic carbocycles. The van der Waals surface area contributed by atoms with E-state index in [9.17, 15) is 9.90 Å². The van der Waals surface area contributed by atoms with Crippen LogP contribution in [0.2, 0.25) is 0 Å². The van der Waals surface area contributed by atoms with Gasteiger partial charge in [-0.15, -0.1) is 6.58 Å². The standard InChI is InChI=1S/C9H16O3/c1-5-8(11)9(6(2)3)12-7(4)10/h5-6,8-9,11H,1H2,2-4H3/t8-,9-/m1/s1. The molecule has 2 atom stereocenters. The fourth-order valence-corrected chi connectivity index (χ4v) is 0.926. The van der Waals surface area contributed by atoms with E-state index >= 15 is 0 Å². The Balaban J connectivity index is 4.22. The summed E-state index contributed by atoms with van der Waals surface area (Å²) in [5, 5.41) is 9.34. The van der Waals surface area contributed by atoms with E-state index in [2.05, 4.69) is 6.58 Å². The third-order valence-electron chi connectivity index (χ3n) is 1.54. The molecule has 0 radical (unpaired) electrons. The van der Waals surface area contributed by atoms with Crippen LogP contribution in [0.15, 0.2) is 12.7 Å². The van der Waals surface area contributed by atoms with E-state index in [1.807, 2.05) is 13.8 Å². The van der Waals surface area contributed by atoms with Crippen molar-refractivity contribution in [2.75, 3.05) is 0 Å². The van der Waals surface area contributed by atoms with Crippen LogP contribution in [0.4, 0.5) is 0 Å². The van der Waals surface area contributed by atoms with E-state index < -0.39 is 12.2 Å². The highest BCUT2D eigenvalue weighted by Gasteiger charge is 2.22. The second kappa shape index (κ2) is 4.93. The predicted octanol–water partition coefficient (Wildman–Crippen LogP) is 1.12. The van der Waals surface area contributed by atoms with E-state index in [0.29, 0.717) is 0 Å². The van der Waals surface area contributed by atoms with E-state index in [0.717, 1.165) is 0 Å². The molecule has 0 aromatic rings. The maximum absolute atomic E-state index is 10.6. The molecule has 0 rings (SSSR count). The Bertz CT molecular complexity index is 163. The molecule has 0 amide bonds. The van der Waals surface area contributed by atoms with Crippen LogP contribution >= 0.6 is 0 Å². The summed E-state index contributed by atoms with van der Waals surface area (Å²) >= 11 is 0. The first-order chi connectivity index (χ1) is 5.49. The highest BCUT2D eigenvalue weighted by atomic mass is 16.6. The lowest BCUT2D eigenvalue weighted by Crippen LogP contribution is -2.33. The van der Waals surface area contributed by atoms with Gasteiger partial charge in [0.15, 0.2) is 0 Å². The maximum atomic E-state index is 10.6. The summed E-state index contributed by atoms with van der Waals surface area (Å²) in [6, 6.07) is 0. The van der Waals surface area contributed by atoms with Crippen molar-refractivity contribution in [1.29, 1.82) is 0 Å². The number of aliphatic hydroxyl groups is 1. The molecular weight excluding hydrogens is 156 g/mol. The van der Waals surface area contributed by atoms with Gasteiger partial charge in [0.25, 0.3) is 0 Å². The van der Waals surface area contributed by atoms with Crippen LogP contribution in [0.25, 0.3) is 0 Å². The van der Waals surface area contributed by atoms with Crippen molar-refractivity contribution in [3.8, 4) is 0 Å². The first-order valence-corrected chi connectivity index (χ1v) is 3.97. The molecule has 0 aromatic heterocycles. The molecule has 3 heteroatoms. The van der Waals surface area contributed by atoms with Crippen LogP contribution in [0.1, 0.15) is 20.8 Å². The van der Waals surface area contributed by atoms with Gasteiger partial charge in [0.05, 0.1) is 0 Å². The molecule has 0 aliphatic heterocycles. The summed E-state index contributed by atoms with van der Waals surface area (Å²) in [4.78, 5) is 10.6. The minimum Gasteiger partial charge on any atom is -0.459 e. The Morgan fingerprint density at radius 2 is 2.08 bits per heavy atom. The van der Waals surface area contributed by atoms with Gasteiger partial charge < -0.3 is 9.84 Å². The Morgan fingerprint density at radius 3 is 2.33 bits per heavy atom. The van der Waals surface area contributed by atoms with E-state index in [1.54, 1.807) is 0 Å². The summed E-state index contributed by atoms with van der Waals surface area (Å²) in [7, 11) is 0. The van der Waals surface area contributed by atoms with Gasteiger partial charge in [-0.05, 0) is 5.92 Å². The highest BCUT2D eigenvalue weighted by Crippen LogP contribution is 2.12. The monoisotopic (exact) mass is 172 g/mol. The lowest BCUT2D eigenvalue weighted by Gasteiger charge is -2.23. The lowest BCUT2D eigenvalue weighted by atomic mass is 10.0. The minimum atomic E-state index is -0.783. The molecule has 0 aliphatic rings. The Kier molecular flexibility index (Phi) is 4.59. The van der Waals surface area contributed by atoms with Gasteiger partial charge >= 0.3 is 5.97 Å². The van der Waals surface area contributed by atoms with Gasteiger partial charge in [-0.1, -0.05) is 19.9 Å². The van der Waals surface area contributed by atoms with Crippen molar-refractivity contribution in [3.63, 3.8) is 0 Å². The summed E-state index contributed by atoms with van der Waals surface area (Å²) in [5.74, 6) is -0.295. The SMILES string of the molecule is C=C[C@@H](O)[C@H](OC(C)=O)C(C)C. The average molecular weight is 172 g/mol. The third-order valence-corrected chi connectivity index (χ3v) is 1.54. The zero-order chi connectivity index (χ0) is 9.72. The minimum absolute atomic E-state index is 0.0851. The Hall–Kier alpha value is -0.830. The van der Waals surface area contributed by atoms with Crippen molar-refractivity contribution in [2.24, 2.45) is 5.92 Å². The van der Waals surface area contributed by atoms with Gasteiger partial charge in [0, 0.05) is 6.92 Å². The van der Waals surface area contributed by atoms with Crippen molar-refractivity contribution >= 4 is 5.97 Å². The molecule has 0 saturated carbocycles. The number of esters is 1. The third kappa shape index (κ3) is 3.53. The molecule has 12 heavy (non-hydrogen) atoms. The number of rotatable bonds is 4. The molecule has 70 valence electrons. The molecule has 0 heterocycles. The van der Waals surface area contributed by atoms with Crippen LogP contribution < -0.4 is 0 Å². The fraction of sp³-hybridized carbons (Fsp3) is 0.667. The van der Waals surface area contributed by atoms with Crippen molar-refractivity contribution in [2.45, 2.75) is 33.0 Å². The zero-order valence-electron chi connectivity index (χ0n) is 7.78. The summed E-state index contributed by atoms with van der Waals surface area (Å²) in [6.45, 7) is 8.51. The van der Waals surface area contributed by atoms with E-state index in [1.165, 1.54) is 13.0 Å². The predicted molar refractivity (Wildman–Crippen MR) is 46.6 cm³/mol. The van der Waals surface area contributed by atoms with Gasteiger partial charge in [0.1, 0.15) is 12.2 Å². The smallest absolute Gasteiger partial charge is 0.303 e. The number of ether oxygens (including phenoxy) is 1. The van der Waals surface area contributed by atoms with Crippen LogP contribution in [0.5, 0.6) is 0 Å². The fourth-order valence-electron chi connectivity index (χ4n) is 0.926. The van der Waals surface area contributed by atoms with Crippen molar-refractivity contribution in [1.82, 2.24) is 0 Å². The molecule has 0 fully saturated rings. The molecule has 0 unspecified atom stereocenters. The Morgan fingerprint density at radius 1 is 1.58 bits per heavy atom. The topological polar surface area (TPSA) is 46.5 Å². The second-order valence-corrected chi connectivity index (χ2v) is 3.04. The first-order valence-electron chi connectivity index (χ1n) is 3.97. The molecule has 3 nitrogen and oxygen atoms in total. The normalized spacial score (nSPS) is 15.4. The van der Waals surface area contributed by atoms with Crippen LogP contribution in [0, 0.1) is 5.92 Å². The summed E-state index contributed by atoms with van der Waals surface area (Å²) in [5.41, 5.74) is 0. The second-order valence-electron chi connectivity index (χ2n) is 3.04. The van der Waals surface area contributed by atoms with Gasteiger partial charge in [-0.3, -0.25) is 4.79 Å². The largest absolute Gasteiger partial charge is 0.459 e. The maximum Gasteiger partial charge on any atom is 0.303 e. The number of hydrogen-bond acceptors (Lipinski definition) is 3. The van der Waals surface area contributed by atoms with Crippen LogP contribution in [0.3, 0.4) is 0 Å². The lowest BCUT2D eigenvalue weighted by molar-refractivity contribution is -0.153. The Labute approximate surface area is 73.0 Å². The molecule has 0 spiro atoms. The number of carbonyl (C=O) groups is 1. The average Bonchev–Trinajstić information content (AvgIpc) is 1.98. The number of aliphatic hydroxyl groups excluding tert-OH is 1. The summed E-state index contributed by atoms with van der Waals surface area (Å²) in [6.07, 6.45) is 0.0991. The summed E-state index contributed by atoms with van der Waals surface area (Å²) < 4.78 is 4.90. The van der Waals surface area contributed by atoms with Gasteiger partial charge in [0.2, 0.25) is 0 Å². The zero-order valence-corrected chi connectivity index (χ0v) is 7.78. The van der Waals surface area contributed by atoms with E-state index in [-0.39, 0.29) is 11.9 Å². The number of carbonyl (C=O) groups excluding carboxylic acids is 1. The van der Waals surface area contributed by atoms with Crippen LogP contribution in [-0.2, 0) is 9.53 Å². The van der Waals surface area contributed by atoms with Crippen LogP contribution in [-0.4, -0.2) is 23.3 Å². The van der Waals surface area contributed by atoms with Gasteiger partial charge in [-0.25, -0.2) is 0 Å². The highest BCUT2D eigenvalue weighted by molar-refractivity contribution is 5.66.